The van der Waals surface area contributed by atoms with E-state index in [4.69, 9.17) is 0 Å². The predicted octanol–water partition coefficient (Wildman–Crippen LogP) is 3.85. The van der Waals surface area contributed by atoms with E-state index in [1.54, 1.807) is 41.3 Å². The van der Waals surface area contributed by atoms with E-state index in [-0.39, 0.29) is 17.3 Å². The smallest absolute Gasteiger partial charge is 0.264 e. The number of hydrogen-bond acceptors (Lipinski definition) is 4. The molecule has 4 rings (SSSR count). The summed E-state index contributed by atoms with van der Waals surface area (Å²) < 4.78 is 28.3. The van der Waals surface area contributed by atoms with E-state index >= 15 is 0 Å². The first-order valence-corrected chi connectivity index (χ1v) is 12.5. The van der Waals surface area contributed by atoms with E-state index in [0.717, 1.165) is 16.8 Å². The van der Waals surface area contributed by atoms with Gasteiger partial charge >= 0.3 is 0 Å². The molecule has 0 spiro atoms. The molecule has 0 unspecified atom stereocenters. The quantitative estimate of drug-likeness (QED) is 0.557. The summed E-state index contributed by atoms with van der Waals surface area (Å²) in [5, 5.41) is 0. The van der Waals surface area contributed by atoms with Crippen LogP contribution >= 0.6 is 0 Å². The van der Waals surface area contributed by atoms with Crippen LogP contribution in [0.15, 0.2) is 83.8 Å². The third-order valence-corrected chi connectivity index (χ3v) is 7.75. The molecular formula is C26H29N3O3S. The van der Waals surface area contributed by atoms with Gasteiger partial charge in [0, 0.05) is 31.9 Å². The third kappa shape index (κ3) is 5.20. The number of nitrogens with zero attached hydrogens (tertiary/aromatic N) is 3. The molecule has 0 bridgehead atoms. The number of rotatable bonds is 6. The molecule has 0 radical (unpaired) electrons. The molecule has 1 aliphatic heterocycles. The predicted molar refractivity (Wildman–Crippen MR) is 132 cm³/mol. The lowest BCUT2D eigenvalue weighted by Crippen LogP contribution is -2.52. The second-order valence-corrected chi connectivity index (χ2v) is 10.2. The monoisotopic (exact) mass is 463 g/mol. The van der Waals surface area contributed by atoms with Crippen LogP contribution in [0.25, 0.3) is 0 Å². The van der Waals surface area contributed by atoms with Gasteiger partial charge in [-0.3, -0.25) is 9.10 Å². The lowest BCUT2D eigenvalue weighted by molar-refractivity contribution is -0.129. The number of carbonyl (C=O) groups excluding carboxylic acids is 1. The highest BCUT2D eigenvalue weighted by Gasteiger charge is 2.30. The highest BCUT2D eigenvalue weighted by Crippen LogP contribution is 2.25. The largest absolute Gasteiger partial charge is 0.368 e. The molecule has 3 aromatic carbocycles. The minimum absolute atomic E-state index is 0.176. The van der Waals surface area contributed by atoms with E-state index in [1.807, 2.05) is 44.2 Å². The van der Waals surface area contributed by atoms with Crippen molar-refractivity contribution in [2.75, 3.05) is 41.9 Å². The van der Waals surface area contributed by atoms with E-state index in [9.17, 15) is 13.2 Å². The SMILES string of the molecule is Cc1ccc(N(CC(=O)N2CCN(c3ccccc3)CC2)S(=O)(=O)c2ccc(C)cc2)cc1. The van der Waals surface area contributed by atoms with E-state index in [2.05, 4.69) is 17.0 Å². The Balaban J connectivity index is 1.54. The minimum Gasteiger partial charge on any atom is -0.368 e. The van der Waals surface area contributed by atoms with Crippen molar-refractivity contribution in [2.24, 2.45) is 0 Å². The molecule has 0 atom stereocenters. The summed E-state index contributed by atoms with van der Waals surface area (Å²) in [7, 11) is -3.90. The maximum absolute atomic E-state index is 13.5. The molecule has 1 amide bonds. The Morgan fingerprint density at radius 3 is 1.91 bits per heavy atom. The average Bonchev–Trinajstić information content (AvgIpc) is 2.84. The number of hydrogen-bond donors (Lipinski definition) is 0. The number of sulfonamides is 1. The van der Waals surface area contributed by atoms with E-state index in [0.29, 0.717) is 31.9 Å². The fourth-order valence-electron chi connectivity index (χ4n) is 3.94. The summed E-state index contributed by atoms with van der Waals surface area (Å²) in [5.41, 5.74) is 3.61. The van der Waals surface area contributed by atoms with Crippen LogP contribution in [-0.2, 0) is 14.8 Å². The molecule has 1 aliphatic rings. The van der Waals surface area contributed by atoms with Gasteiger partial charge in [-0.25, -0.2) is 8.42 Å². The summed E-state index contributed by atoms with van der Waals surface area (Å²) in [6.07, 6.45) is 0. The second-order valence-electron chi connectivity index (χ2n) is 8.36. The first kappa shape index (κ1) is 22.9. The fraction of sp³-hybridized carbons (Fsp3) is 0.269. The van der Waals surface area contributed by atoms with Crippen LogP contribution in [0.1, 0.15) is 11.1 Å². The van der Waals surface area contributed by atoms with Crippen molar-refractivity contribution < 1.29 is 13.2 Å². The molecule has 6 nitrogen and oxygen atoms in total. The van der Waals surface area contributed by atoms with Crippen molar-refractivity contribution >= 4 is 27.3 Å². The van der Waals surface area contributed by atoms with Crippen molar-refractivity contribution in [3.8, 4) is 0 Å². The molecule has 0 saturated carbocycles. The zero-order valence-electron chi connectivity index (χ0n) is 19.0. The number of piperazine rings is 1. The lowest BCUT2D eigenvalue weighted by atomic mass is 10.2. The Kier molecular flexibility index (Phi) is 6.70. The summed E-state index contributed by atoms with van der Waals surface area (Å²) in [5.74, 6) is -0.195. The molecule has 0 aliphatic carbocycles. The minimum atomic E-state index is -3.90. The number of aryl methyl sites for hydroxylation is 2. The van der Waals surface area contributed by atoms with Crippen molar-refractivity contribution in [3.05, 3.63) is 90.0 Å². The van der Waals surface area contributed by atoms with Crippen LogP contribution < -0.4 is 9.21 Å². The van der Waals surface area contributed by atoms with Crippen LogP contribution in [0.3, 0.4) is 0 Å². The summed E-state index contributed by atoms with van der Waals surface area (Å²) in [6.45, 7) is 6.16. The molecule has 0 aromatic heterocycles. The summed E-state index contributed by atoms with van der Waals surface area (Å²) >= 11 is 0. The zero-order chi connectivity index (χ0) is 23.4. The van der Waals surface area contributed by atoms with Gasteiger partial charge in [-0.1, -0.05) is 53.6 Å². The van der Waals surface area contributed by atoms with Gasteiger partial charge in [0.05, 0.1) is 10.6 Å². The maximum atomic E-state index is 13.5. The fourth-order valence-corrected chi connectivity index (χ4v) is 5.35. The summed E-state index contributed by atoms with van der Waals surface area (Å²) in [6, 6.07) is 24.0. The van der Waals surface area contributed by atoms with Crippen molar-refractivity contribution in [3.63, 3.8) is 0 Å². The molecule has 7 heteroatoms. The first-order valence-electron chi connectivity index (χ1n) is 11.1. The van der Waals surface area contributed by atoms with Gasteiger partial charge in [0.2, 0.25) is 5.91 Å². The van der Waals surface area contributed by atoms with Crippen LogP contribution in [0, 0.1) is 13.8 Å². The summed E-state index contributed by atoms with van der Waals surface area (Å²) in [4.78, 5) is 17.4. The molecule has 172 valence electrons. The van der Waals surface area contributed by atoms with Gasteiger partial charge in [0.1, 0.15) is 6.54 Å². The number of anilines is 2. The molecule has 1 fully saturated rings. The molecule has 1 saturated heterocycles. The first-order chi connectivity index (χ1) is 15.8. The van der Waals surface area contributed by atoms with Crippen LogP contribution in [0.4, 0.5) is 11.4 Å². The van der Waals surface area contributed by atoms with Gasteiger partial charge in [0.25, 0.3) is 10.0 Å². The van der Waals surface area contributed by atoms with Crippen LogP contribution in [0.5, 0.6) is 0 Å². The lowest BCUT2D eigenvalue weighted by Gasteiger charge is -2.37. The van der Waals surface area contributed by atoms with Gasteiger partial charge < -0.3 is 9.80 Å². The Morgan fingerprint density at radius 2 is 1.33 bits per heavy atom. The normalized spacial score (nSPS) is 14.2. The van der Waals surface area contributed by atoms with Gasteiger partial charge in [-0.05, 0) is 50.2 Å². The zero-order valence-corrected chi connectivity index (χ0v) is 19.8. The standard InChI is InChI=1S/C26H29N3O3S/c1-21-8-12-24(13-9-21)29(33(31,32)25-14-10-22(2)11-15-25)20-26(30)28-18-16-27(17-19-28)23-6-4-3-5-7-23/h3-15H,16-20H2,1-2H3. The van der Waals surface area contributed by atoms with Crippen molar-refractivity contribution in [2.45, 2.75) is 18.7 Å². The average molecular weight is 464 g/mol. The van der Waals surface area contributed by atoms with E-state index in [1.165, 1.54) is 4.31 Å². The second kappa shape index (κ2) is 9.67. The topological polar surface area (TPSA) is 60.9 Å². The molecule has 0 N–H and O–H groups in total. The highest BCUT2D eigenvalue weighted by atomic mass is 32.2. The van der Waals surface area contributed by atoms with Crippen molar-refractivity contribution in [1.82, 2.24) is 4.90 Å². The Labute approximate surface area is 196 Å². The number of amides is 1. The highest BCUT2D eigenvalue weighted by molar-refractivity contribution is 7.92. The molecule has 3 aromatic rings. The van der Waals surface area contributed by atoms with Crippen molar-refractivity contribution in [1.29, 1.82) is 0 Å². The Hall–Kier alpha value is -3.32. The van der Waals surface area contributed by atoms with Crippen LogP contribution in [0.2, 0.25) is 0 Å². The Bertz CT molecular complexity index is 1190. The van der Waals surface area contributed by atoms with Gasteiger partial charge in [-0.15, -0.1) is 0 Å². The number of carbonyl (C=O) groups is 1. The molecule has 1 heterocycles. The third-order valence-electron chi connectivity index (χ3n) is 5.96. The van der Waals surface area contributed by atoms with Gasteiger partial charge in [0.15, 0.2) is 0 Å². The van der Waals surface area contributed by atoms with Crippen LogP contribution in [-0.4, -0.2) is 51.9 Å². The Morgan fingerprint density at radius 1 is 0.788 bits per heavy atom. The maximum Gasteiger partial charge on any atom is 0.264 e. The van der Waals surface area contributed by atoms with Gasteiger partial charge in [-0.2, -0.15) is 0 Å². The molecular weight excluding hydrogens is 434 g/mol. The van der Waals surface area contributed by atoms with E-state index < -0.39 is 10.0 Å². The number of para-hydroxylation sites is 1. The molecule has 33 heavy (non-hydrogen) atoms. The number of benzene rings is 3.